The number of nitrogens with one attached hydrogen (secondary N) is 1. The number of pyridine rings is 2. The molecular weight excluding hydrogens is 290 g/mol. The van der Waals surface area contributed by atoms with E-state index in [0.29, 0.717) is 36.8 Å². The first-order valence-electron chi connectivity index (χ1n) is 6.92. The minimum Gasteiger partial charge on any atom is -0.488 e. The molecule has 0 aliphatic carbocycles. The molecule has 0 spiro atoms. The molecule has 0 saturated carbocycles. The quantitative estimate of drug-likeness (QED) is 0.676. The van der Waals surface area contributed by atoms with Crippen LogP contribution in [-0.4, -0.2) is 51.4 Å². The molecule has 2 aliphatic rings. The van der Waals surface area contributed by atoms with Crippen LogP contribution in [0.5, 0.6) is 5.75 Å². The number of aromatic amines is 1. The third kappa shape index (κ3) is 1.77. The summed E-state index contributed by atoms with van der Waals surface area (Å²) in [5, 5.41) is 19.0. The fourth-order valence-electron chi connectivity index (χ4n) is 3.09. The summed E-state index contributed by atoms with van der Waals surface area (Å²) in [7, 11) is 0. The number of carbonyl (C=O) groups is 1. The fourth-order valence-corrected chi connectivity index (χ4v) is 3.09. The van der Waals surface area contributed by atoms with Gasteiger partial charge >= 0.3 is 5.97 Å². The Hall–Kier alpha value is -2.61. The minimum absolute atomic E-state index is 0.0671. The van der Waals surface area contributed by atoms with E-state index >= 15 is 0 Å². The van der Waals surface area contributed by atoms with Crippen molar-refractivity contribution in [1.29, 1.82) is 0 Å². The maximum atomic E-state index is 12.2. The van der Waals surface area contributed by atoms with Gasteiger partial charge < -0.3 is 24.8 Å². The van der Waals surface area contributed by atoms with Gasteiger partial charge in [-0.1, -0.05) is 0 Å². The number of aliphatic hydroxyl groups is 1. The van der Waals surface area contributed by atoms with Crippen molar-refractivity contribution >= 4 is 22.8 Å². The summed E-state index contributed by atoms with van der Waals surface area (Å²) >= 11 is 0. The molecule has 0 bridgehead atoms. The van der Waals surface area contributed by atoms with Crippen molar-refractivity contribution in [1.82, 2.24) is 9.97 Å². The molecule has 3 N–H and O–H groups in total. The molecule has 2 atom stereocenters. The number of nitrogens with zero attached hydrogens (tertiary/aromatic N) is 2. The van der Waals surface area contributed by atoms with Gasteiger partial charge in [-0.3, -0.25) is 4.79 Å². The Morgan fingerprint density at radius 2 is 2.32 bits per heavy atom. The van der Waals surface area contributed by atoms with Crippen LogP contribution >= 0.6 is 0 Å². The van der Waals surface area contributed by atoms with Crippen LogP contribution in [0.3, 0.4) is 0 Å². The van der Waals surface area contributed by atoms with Gasteiger partial charge in [0, 0.05) is 12.7 Å². The third-order valence-electron chi connectivity index (χ3n) is 4.14. The summed E-state index contributed by atoms with van der Waals surface area (Å²) in [4.78, 5) is 32.3. The van der Waals surface area contributed by atoms with E-state index in [9.17, 15) is 14.7 Å². The number of carboxylic acid groups (broad SMARTS) is 1. The van der Waals surface area contributed by atoms with E-state index in [-0.39, 0.29) is 17.0 Å². The van der Waals surface area contributed by atoms with Gasteiger partial charge in [-0.05, 0) is 12.5 Å². The van der Waals surface area contributed by atoms with Crippen molar-refractivity contribution in [3.8, 4) is 5.75 Å². The first kappa shape index (κ1) is 13.1. The number of rotatable bonds is 1. The molecule has 1 saturated heterocycles. The summed E-state index contributed by atoms with van der Waals surface area (Å²) in [6.45, 7) is 0.880. The number of H-pyrrole nitrogens is 1. The number of anilines is 1. The average Bonchev–Trinajstić information content (AvgIpc) is 2.86. The Labute approximate surface area is 124 Å². The molecule has 0 amide bonds. The zero-order valence-corrected chi connectivity index (χ0v) is 11.4. The highest BCUT2D eigenvalue weighted by Gasteiger charge is 2.37. The van der Waals surface area contributed by atoms with E-state index in [2.05, 4.69) is 9.97 Å². The van der Waals surface area contributed by atoms with Crippen LogP contribution in [0.1, 0.15) is 16.8 Å². The molecule has 0 unspecified atom stereocenters. The van der Waals surface area contributed by atoms with Crippen LogP contribution in [0, 0.1) is 0 Å². The number of hydrogen-bond donors (Lipinski definition) is 3. The van der Waals surface area contributed by atoms with Gasteiger partial charge in [0.1, 0.15) is 17.8 Å². The lowest BCUT2D eigenvalue weighted by atomic mass is 10.1. The number of aromatic nitrogens is 2. The predicted molar refractivity (Wildman–Crippen MR) is 76.6 cm³/mol. The van der Waals surface area contributed by atoms with Crippen molar-refractivity contribution in [2.75, 3.05) is 18.1 Å². The highest BCUT2D eigenvalue weighted by atomic mass is 16.5. The lowest BCUT2D eigenvalue weighted by Gasteiger charge is -2.32. The number of ether oxygens (including phenoxy) is 1. The summed E-state index contributed by atoms with van der Waals surface area (Å²) < 4.78 is 5.63. The maximum Gasteiger partial charge on any atom is 0.341 e. The zero-order valence-electron chi connectivity index (χ0n) is 11.4. The van der Waals surface area contributed by atoms with Gasteiger partial charge in [0.15, 0.2) is 11.6 Å². The standard InChI is InChI=1S/C14H13N3O5/c18-7-1-6-5-22-10-2-8-11(19)9(14(20)21)3-15-12(8)16-13(10)17(6)4-7/h2-3,6-7,18H,1,4-5H2,(H,20,21)(H,15,16,19)/t6-,7+/m0/s1. The smallest absolute Gasteiger partial charge is 0.341 e. The van der Waals surface area contributed by atoms with Crippen LogP contribution in [0.4, 0.5) is 5.82 Å². The first-order chi connectivity index (χ1) is 10.5. The Morgan fingerprint density at radius 1 is 1.50 bits per heavy atom. The van der Waals surface area contributed by atoms with Crippen molar-refractivity contribution in [3.05, 3.63) is 28.0 Å². The van der Waals surface area contributed by atoms with E-state index in [1.54, 1.807) is 0 Å². The lowest BCUT2D eigenvalue weighted by Crippen LogP contribution is -2.39. The summed E-state index contributed by atoms with van der Waals surface area (Å²) in [5.74, 6) is -0.283. The number of aromatic carboxylic acids is 1. The minimum atomic E-state index is -1.29. The molecule has 0 aromatic carbocycles. The number of fused-ring (bicyclic) bond motifs is 4. The fraction of sp³-hybridized carbons (Fsp3) is 0.357. The van der Waals surface area contributed by atoms with Crippen molar-refractivity contribution in [2.24, 2.45) is 0 Å². The molecule has 4 rings (SSSR count). The Morgan fingerprint density at radius 3 is 3.09 bits per heavy atom. The van der Waals surface area contributed by atoms with Gasteiger partial charge in [0.25, 0.3) is 0 Å². The van der Waals surface area contributed by atoms with Gasteiger partial charge in [-0.25, -0.2) is 9.78 Å². The molecule has 2 aromatic rings. The van der Waals surface area contributed by atoms with Gasteiger partial charge in [0.05, 0.1) is 17.5 Å². The van der Waals surface area contributed by atoms with E-state index in [0.717, 1.165) is 6.20 Å². The van der Waals surface area contributed by atoms with E-state index in [4.69, 9.17) is 9.84 Å². The molecular formula is C14H13N3O5. The second-order valence-corrected chi connectivity index (χ2v) is 5.55. The first-order valence-corrected chi connectivity index (χ1v) is 6.92. The van der Waals surface area contributed by atoms with Crippen molar-refractivity contribution in [2.45, 2.75) is 18.6 Å². The summed E-state index contributed by atoms with van der Waals surface area (Å²) in [5.41, 5.74) is -0.623. The maximum absolute atomic E-state index is 12.2. The molecule has 22 heavy (non-hydrogen) atoms. The zero-order chi connectivity index (χ0) is 15.4. The van der Waals surface area contributed by atoms with Crippen LogP contribution in [0.2, 0.25) is 0 Å². The molecule has 8 heteroatoms. The molecule has 2 aromatic heterocycles. The van der Waals surface area contributed by atoms with Crippen LogP contribution in [-0.2, 0) is 0 Å². The number of carboxylic acids is 1. The van der Waals surface area contributed by atoms with Crippen LogP contribution in [0.25, 0.3) is 11.0 Å². The topological polar surface area (TPSA) is 116 Å². The van der Waals surface area contributed by atoms with E-state index in [1.807, 2.05) is 4.90 Å². The predicted octanol–water partition coefficient (Wildman–Crippen LogP) is -0.0467. The second kappa shape index (κ2) is 4.44. The molecule has 2 aliphatic heterocycles. The van der Waals surface area contributed by atoms with Gasteiger partial charge in [-0.15, -0.1) is 0 Å². The Balaban J connectivity index is 1.91. The van der Waals surface area contributed by atoms with Crippen LogP contribution < -0.4 is 15.1 Å². The van der Waals surface area contributed by atoms with Gasteiger partial charge in [0.2, 0.25) is 5.43 Å². The lowest BCUT2D eigenvalue weighted by molar-refractivity contribution is 0.0695. The Kier molecular flexibility index (Phi) is 2.64. The highest BCUT2D eigenvalue weighted by Crippen LogP contribution is 2.37. The average molecular weight is 303 g/mol. The third-order valence-corrected chi connectivity index (χ3v) is 4.14. The van der Waals surface area contributed by atoms with Crippen LogP contribution in [0.15, 0.2) is 17.1 Å². The van der Waals surface area contributed by atoms with Crippen molar-refractivity contribution < 1.29 is 19.7 Å². The number of aliphatic hydroxyl groups excluding tert-OH is 1. The number of hydrogen-bond acceptors (Lipinski definition) is 6. The summed E-state index contributed by atoms with van der Waals surface area (Å²) in [6.07, 6.45) is 1.34. The highest BCUT2D eigenvalue weighted by molar-refractivity contribution is 5.92. The van der Waals surface area contributed by atoms with E-state index < -0.39 is 17.5 Å². The van der Waals surface area contributed by atoms with Crippen molar-refractivity contribution in [3.63, 3.8) is 0 Å². The molecule has 4 heterocycles. The molecule has 0 radical (unpaired) electrons. The normalized spacial score (nSPS) is 23.0. The summed E-state index contributed by atoms with van der Waals surface area (Å²) in [6, 6.07) is 1.58. The van der Waals surface area contributed by atoms with Gasteiger partial charge in [-0.2, -0.15) is 0 Å². The SMILES string of the molecule is O=C(O)c1c[nH]c2nc3c(cc2c1=O)OC[C@@H]1C[C@@H](O)CN31. The largest absolute Gasteiger partial charge is 0.488 e. The van der Waals surface area contributed by atoms with E-state index in [1.165, 1.54) is 6.07 Å². The molecule has 8 nitrogen and oxygen atoms in total. The molecule has 114 valence electrons. The second-order valence-electron chi connectivity index (χ2n) is 5.55. The monoisotopic (exact) mass is 303 g/mol. The molecule has 1 fully saturated rings. The Bertz CT molecular complexity index is 846.